The SMILES string of the molecule is COC(=O)c1ccc(C)c(NC(=O)c2cc(C3CC3)nc3onc(-c4ccccc4)c23)c1. The number of carbonyl (C=O) groups is 2. The Morgan fingerprint density at radius 2 is 1.88 bits per heavy atom. The van der Waals surface area contributed by atoms with E-state index in [1.807, 2.05) is 43.3 Å². The number of anilines is 1. The zero-order valence-electron chi connectivity index (χ0n) is 17.7. The number of carbonyl (C=O) groups excluding carboxylic acids is 2. The summed E-state index contributed by atoms with van der Waals surface area (Å²) in [5, 5.41) is 7.74. The van der Waals surface area contributed by atoms with E-state index in [0.717, 1.165) is 29.7 Å². The molecule has 0 saturated heterocycles. The van der Waals surface area contributed by atoms with Gasteiger partial charge in [0.2, 0.25) is 0 Å². The van der Waals surface area contributed by atoms with Gasteiger partial charge in [-0.1, -0.05) is 41.6 Å². The van der Waals surface area contributed by atoms with E-state index in [0.29, 0.717) is 39.5 Å². The Bertz CT molecular complexity index is 1340. The predicted molar refractivity (Wildman–Crippen MR) is 120 cm³/mol. The summed E-state index contributed by atoms with van der Waals surface area (Å²) in [5.74, 6) is -0.446. The molecule has 160 valence electrons. The molecule has 1 aliphatic rings. The molecule has 2 aromatic heterocycles. The second kappa shape index (κ2) is 7.92. The van der Waals surface area contributed by atoms with Gasteiger partial charge >= 0.3 is 5.97 Å². The zero-order chi connectivity index (χ0) is 22.2. The van der Waals surface area contributed by atoms with Crippen molar-refractivity contribution in [3.05, 3.63) is 77.0 Å². The fourth-order valence-corrected chi connectivity index (χ4v) is 3.72. The van der Waals surface area contributed by atoms with E-state index in [1.54, 1.807) is 18.2 Å². The number of aromatic nitrogens is 2. The molecular weight excluding hydrogens is 406 g/mol. The fourth-order valence-electron chi connectivity index (χ4n) is 3.72. The molecule has 1 N–H and O–H groups in total. The first kappa shape index (κ1) is 19.9. The summed E-state index contributed by atoms with van der Waals surface area (Å²) in [7, 11) is 1.32. The first-order valence-electron chi connectivity index (χ1n) is 10.4. The number of ether oxygens (including phenoxy) is 1. The number of amides is 1. The summed E-state index contributed by atoms with van der Waals surface area (Å²) in [6.07, 6.45) is 2.08. The lowest BCUT2D eigenvalue weighted by atomic mass is 10.0. The van der Waals surface area contributed by atoms with E-state index in [-0.39, 0.29) is 5.91 Å². The number of esters is 1. The molecule has 2 aromatic carbocycles. The number of nitrogens with zero attached hydrogens (tertiary/aromatic N) is 2. The van der Waals surface area contributed by atoms with Crippen molar-refractivity contribution >= 4 is 28.7 Å². The van der Waals surface area contributed by atoms with Crippen LogP contribution < -0.4 is 5.32 Å². The minimum absolute atomic E-state index is 0.315. The molecule has 0 radical (unpaired) electrons. The fraction of sp³-hybridized carbons (Fsp3) is 0.200. The summed E-state index contributed by atoms with van der Waals surface area (Å²) in [5.41, 5.74) is 4.75. The molecule has 1 aliphatic carbocycles. The van der Waals surface area contributed by atoms with Crippen LogP contribution in [0.2, 0.25) is 0 Å². The number of methoxy groups -OCH3 is 1. The highest BCUT2D eigenvalue weighted by atomic mass is 16.5. The van der Waals surface area contributed by atoms with Crippen LogP contribution in [0.25, 0.3) is 22.4 Å². The largest absolute Gasteiger partial charge is 0.465 e. The second-order valence-corrected chi connectivity index (χ2v) is 7.92. The van der Waals surface area contributed by atoms with E-state index in [2.05, 4.69) is 15.5 Å². The molecule has 7 nitrogen and oxygen atoms in total. The highest BCUT2D eigenvalue weighted by Crippen LogP contribution is 2.41. The molecule has 32 heavy (non-hydrogen) atoms. The van der Waals surface area contributed by atoms with Gasteiger partial charge in [-0.2, -0.15) is 0 Å². The van der Waals surface area contributed by atoms with Gasteiger partial charge in [0.05, 0.1) is 23.6 Å². The average Bonchev–Trinajstić information content (AvgIpc) is 3.59. The van der Waals surface area contributed by atoms with Crippen LogP contribution in [0, 0.1) is 6.92 Å². The molecule has 0 aliphatic heterocycles. The van der Waals surface area contributed by atoms with Crippen LogP contribution in [-0.2, 0) is 4.74 Å². The highest BCUT2D eigenvalue weighted by molar-refractivity contribution is 6.15. The van der Waals surface area contributed by atoms with Crippen molar-refractivity contribution in [3.8, 4) is 11.3 Å². The molecule has 0 unspecified atom stereocenters. The number of benzene rings is 2. The Morgan fingerprint density at radius 3 is 2.59 bits per heavy atom. The van der Waals surface area contributed by atoms with Gasteiger partial charge in [0.1, 0.15) is 5.69 Å². The lowest BCUT2D eigenvalue weighted by Crippen LogP contribution is -2.15. The average molecular weight is 427 g/mol. The molecule has 2 heterocycles. The van der Waals surface area contributed by atoms with Crippen molar-refractivity contribution in [2.24, 2.45) is 0 Å². The Balaban J connectivity index is 1.60. The van der Waals surface area contributed by atoms with Gasteiger partial charge in [0.15, 0.2) is 0 Å². The Morgan fingerprint density at radius 1 is 1.09 bits per heavy atom. The number of hydrogen-bond acceptors (Lipinski definition) is 6. The minimum atomic E-state index is -0.465. The van der Waals surface area contributed by atoms with E-state index < -0.39 is 5.97 Å². The van der Waals surface area contributed by atoms with Gasteiger partial charge in [-0.3, -0.25) is 4.79 Å². The van der Waals surface area contributed by atoms with Crippen LogP contribution in [0.3, 0.4) is 0 Å². The van der Waals surface area contributed by atoms with Crippen LogP contribution in [0.5, 0.6) is 0 Å². The normalized spacial score (nSPS) is 13.2. The maximum atomic E-state index is 13.5. The number of fused-ring (bicyclic) bond motifs is 1. The third kappa shape index (κ3) is 3.62. The zero-order valence-corrected chi connectivity index (χ0v) is 17.7. The summed E-state index contributed by atoms with van der Waals surface area (Å²) in [4.78, 5) is 30.0. The summed E-state index contributed by atoms with van der Waals surface area (Å²) >= 11 is 0. The van der Waals surface area contributed by atoms with Gasteiger partial charge in [-0.05, 0) is 43.5 Å². The summed E-state index contributed by atoms with van der Waals surface area (Å²) in [6, 6.07) is 16.4. The standard InChI is InChI=1S/C25H21N3O4/c1-14-8-9-17(25(30)31-2)12-19(14)26-23(29)18-13-20(15-10-11-15)27-24-21(18)22(28-32-24)16-6-4-3-5-7-16/h3-9,12-13,15H,10-11H2,1-2H3,(H,26,29). The van der Waals surface area contributed by atoms with Crippen LogP contribution in [-0.4, -0.2) is 29.1 Å². The number of pyridine rings is 1. The minimum Gasteiger partial charge on any atom is -0.465 e. The summed E-state index contributed by atoms with van der Waals surface area (Å²) in [6.45, 7) is 1.86. The Labute approximate surface area is 184 Å². The van der Waals surface area contributed by atoms with Crippen molar-refractivity contribution in [2.75, 3.05) is 12.4 Å². The smallest absolute Gasteiger partial charge is 0.337 e. The first-order chi connectivity index (χ1) is 15.5. The van der Waals surface area contributed by atoms with Gasteiger partial charge < -0.3 is 14.6 Å². The highest BCUT2D eigenvalue weighted by Gasteiger charge is 2.29. The molecule has 0 spiro atoms. The monoisotopic (exact) mass is 427 g/mol. The van der Waals surface area contributed by atoms with Crippen LogP contribution in [0.4, 0.5) is 5.69 Å². The predicted octanol–water partition coefficient (Wildman–Crippen LogP) is 5.11. The number of hydrogen-bond donors (Lipinski definition) is 1. The van der Waals surface area contributed by atoms with Gasteiger partial charge in [-0.15, -0.1) is 0 Å². The number of aryl methyl sites for hydroxylation is 1. The topological polar surface area (TPSA) is 94.3 Å². The molecule has 0 atom stereocenters. The molecule has 7 heteroatoms. The van der Waals surface area contributed by atoms with Gasteiger partial charge in [-0.25, -0.2) is 9.78 Å². The first-order valence-corrected chi connectivity index (χ1v) is 10.4. The summed E-state index contributed by atoms with van der Waals surface area (Å²) < 4.78 is 10.4. The second-order valence-electron chi connectivity index (χ2n) is 7.92. The van der Waals surface area contributed by atoms with Crippen LogP contribution in [0.1, 0.15) is 50.7 Å². The number of nitrogens with one attached hydrogen (secondary N) is 1. The molecular formula is C25H21N3O4. The molecule has 0 bridgehead atoms. The van der Waals surface area contributed by atoms with Crippen molar-refractivity contribution in [2.45, 2.75) is 25.7 Å². The number of rotatable bonds is 5. The third-order valence-electron chi connectivity index (χ3n) is 5.66. The quantitative estimate of drug-likeness (QED) is 0.445. The molecule has 4 aromatic rings. The third-order valence-corrected chi connectivity index (χ3v) is 5.66. The Hall–Kier alpha value is -4.00. The van der Waals surface area contributed by atoms with E-state index in [1.165, 1.54) is 7.11 Å². The van der Waals surface area contributed by atoms with Crippen molar-refractivity contribution < 1.29 is 18.8 Å². The van der Waals surface area contributed by atoms with E-state index in [9.17, 15) is 9.59 Å². The molecule has 1 fully saturated rings. The maximum Gasteiger partial charge on any atom is 0.337 e. The van der Waals surface area contributed by atoms with Crippen LogP contribution in [0.15, 0.2) is 59.1 Å². The van der Waals surface area contributed by atoms with Crippen LogP contribution >= 0.6 is 0 Å². The van der Waals surface area contributed by atoms with Crippen molar-refractivity contribution in [3.63, 3.8) is 0 Å². The van der Waals surface area contributed by atoms with E-state index >= 15 is 0 Å². The van der Waals surface area contributed by atoms with Gasteiger partial charge in [0, 0.05) is 22.9 Å². The maximum absolute atomic E-state index is 13.5. The lowest BCUT2D eigenvalue weighted by molar-refractivity contribution is 0.0600. The molecule has 1 amide bonds. The van der Waals surface area contributed by atoms with Crippen molar-refractivity contribution in [1.82, 2.24) is 10.1 Å². The molecule has 1 saturated carbocycles. The van der Waals surface area contributed by atoms with Gasteiger partial charge in [0.25, 0.3) is 11.6 Å². The Kier molecular flexibility index (Phi) is 4.93. The molecule has 5 rings (SSSR count). The van der Waals surface area contributed by atoms with E-state index in [4.69, 9.17) is 9.26 Å². The lowest BCUT2D eigenvalue weighted by Gasteiger charge is -2.12. The van der Waals surface area contributed by atoms with Crippen molar-refractivity contribution in [1.29, 1.82) is 0 Å².